The SMILES string of the molecule is Cc1ccc(S(=O)(=O)N(CC(=O)NC2CCN(C)CC2)Cc2ccccc2Cl)cc1. The van der Waals surface area contributed by atoms with E-state index in [1.807, 2.05) is 6.92 Å². The Morgan fingerprint density at radius 3 is 2.40 bits per heavy atom. The van der Waals surface area contributed by atoms with Gasteiger partial charge in [-0.25, -0.2) is 8.42 Å². The summed E-state index contributed by atoms with van der Waals surface area (Å²) in [7, 11) is -1.82. The lowest BCUT2D eigenvalue weighted by molar-refractivity contribution is -0.122. The van der Waals surface area contributed by atoms with Crippen LogP contribution in [-0.2, 0) is 21.4 Å². The summed E-state index contributed by atoms with van der Waals surface area (Å²) in [6.07, 6.45) is 1.72. The molecule has 3 rings (SSSR count). The summed E-state index contributed by atoms with van der Waals surface area (Å²) in [4.78, 5) is 15.1. The van der Waals surface area contributed by atoms with Crippen LogP contribution in [-0.4, -0.2) is 56.3 Å². The molecule has 0 bridgehead atoms. The Hall–Kier alpha value is -1.93. The first-order valence-corrected chi connectivity index (χ1v) is 11.9. The van der Waals surface area contributed by atoms with Crippen molar-refractivity contribution >= 4 is 27.5 Å². The number of carbonyl (C=O) groups is 1. The van der Waals surface area contributed by atoms with Gasteiger partial charge in [0.25, 0.3) is 0 Å². The summed E-state index contributed by atoms with van der Waals surface area (Å²) in [5, 5.41) is 3.47. The van der Waals surface area contributed by atoms with E-state index in [2.05, 4.69) is 17.3 Å². The van der Waals surface area contributed by atoms with E-state index in [-0.39, 0.29) is 29.9 Å². The highest BCUT2D eigenvalue weighted by atomic mass is 35.5. The van der Waals surface area contributed by atoms with Gasteiger partial charge >= 0.3 is 0 Å². The number of likely N-dealkylation sites (tertiary alicyclic amines) is 1. The van der Waals surface area contributed by atoms with Crippen molar-refractivity contribution in [2.75, 3.05) is 26.7 Å². The standard InChI is InChI=1S/C22H28ClN3O3S/c1-17-7-9-20(10-8-17)30(28,29)26(15-18-5-3-4-6-21(18)23)16-22(27)24-19-11-13-25(2)14-12-19/h3-10,19H,11-16H2,1-2H3,(H,24,27). The van der Waals surface area contributed by atoms with Crippen molar-refractivity contribution in [3.05, 3.63) is 64.7 Å². The first-order valence-electron chi connectivity index (χ1n) is 10.0. The van der Waals surface area contributed by atoms with E-state index in [9.17, 15) is 13.2 Å². The van der Waals surface area contributed by atoms with E-state index in [0.29, 0.717) is 10.6 Å². The zero-order valence-corrected chi connectivity index (χ0v) is 18.9. The van der Waals surface area contributed by atoms with E-state index in [4.69, 9.17) is 11.6 Å². The third-order valence-corrected chi connectivity index (χ3v) is 7.54. The van der Waals surface area contributed by atoms with Crippen molar-refractivity contribution < 1.29 is 13.2 Å². The van der Waals surface area contributed by atoms with Crippen LogP contribution in [0.3, 0.4) is 0 Å². The van der Waals surface area contributed by atoms with E-state index in [1.165, 1.54) is 4.31 Å². The second kappa shape index (κ2) is 9.92. The fourth-order valence-electron chi connectivity index (χ4n) is 3.49. The highest BCUT2D eigenvalue weighted by Crippen LogP contribution is 2.23. The van der Waals surface area contributed by atoms with Crippen LogP contribution in [0.15, 0.2) is 53.4 Å². The van der Waals surface area contributed by atoms with Gasteiger partial charge in [0.05, 0.1) is 11.4 Å². The minimum Gasteiger partial charge on any atom is -0.352 e. The molecule has 1 amide bonds. The molecule has 0 atom stereocenters. The predicted octanol–water partition coefficient (Wildman–Crippen LogP) is 3.05. The number of carbonyl (C=O) groups excluding carboxylic acids is 1. The molecular weight excluding hydrogens is 422 g/mol. The average molecular weight is 450 g/mol. The normalized spacial score (nSPS) is 16.0. The number of halogens is 1. The maximum Gasteiger partial charge on any atom is 0.243 e. The maximum atomic E-state index is 13.3. The number of rotatable bonds is 7. The molecule has 1 aliphatic heterocycles. The molecule has 1 aliphatic rings. The summed E-state index contributed by atoms with van der Waals surface area (Å²) in [5.41, 5.74) is 1.62. The van der Waals surface area contributed by atoms with Crippen LogP contribution < -0.4 is 5.32 Å². The molecular formula is C22H28ClN3O3S. The van der Waals surface area contributed by atoms with Gasteiger partial charge in [-0.3, -0.25) is 4.79 Å². The minimum atomic E-state index is -3.87. The van der Waals surface area contributed by atoms with Crippen LogP contribution in [0.2, 0.25) is 5.02 Å². The van der Waals surface area contributed by atoms with Crippen molar-refractivity contribution in [2.24, 2.45) is 0 Å². The van der Waals surface area contributed by atoms with Crippen molar-refractivity contribution in [1.29, 1.82) is 0 Å². The number of aryl methyl sites for hydroxylation is 1. The Bertz CT molecular complexity index is 971. The number of nitrogens with zero attached hydrogens (tertiary/aromatic N) is 2. The molecule has 2 aromatic carbocycles. The van der Waals surface area contributed by atoms with Crippen LogP contribution in [0, 0.1) is 6.92 Å². The van der Waals surface area contributed by atoms with Crippen LogP contribution >= 0.6 is 11.6 Å². The Balaban J connectivity index is 1.81. The molecule has 0 radical (unpaired) electrons. The van der Waals surface area contributed by atoms with Gasteiger partial charge in [-0.15, -0.1) is 0 Å². The number of benzene rings is 2. The third kappa shape index (κ3) is 5.82. The zero-order valence-electron chi connectivity index (χ0n) is 17.3. The van der Waals surface area contributed by atoms with Gasteiger partial charge in [-0.1, -0.05) is 47.5 Å². The molecule has 0 saturated carbocycles. The Morgan fingerprint density at radius 2 is 1.77 bits per heavy atom. The van der Waals surface area contributed by atoms with Crippen molar-refractivity contribution in [2.45, 2.75) is 37.2 Å². The largest absolute Gasteiger partial charge is 0.352 e. The van der Waals surface area contributed by atoms with Gasteiger partial charge in [-0.2, -0.15) is 4.31 Å². The molecule has 162 valence electrons. The summed E-state index contributed by atoms with van der Waals surface area (Å²) in [5.74, 6) is -0.299. The third-order valence-electron chi connectivity index (χ3n) is 5.37. The number of sulfonamides is 1. The first-order chi connectivity index (χ1) is 14.3. The second-order valence-electron chi connectivity index (χ2n) is 7.82. The van der Waals surface area contributed by atoms with E-state index < -0.39 is 10.0 Å². The number of amides is 1. The molecule has 0 unspecified atom stereocenters. The summed E-state index contributed by atoms with van der Waals surface area (Å²) >= 11 is 6.26. The van der Waals surface area contributed by atoms with E-state index >= 15 is 0 Å². The molecule has 1 fully saturated rings. The Kier molecular flexibility index (Phi) is 7.52. The van der Waals surface area contributed by atoms with Gasteiger partial charge < -0.3 is 10.2 Å². The Labute approximate surface area is 183 Å². The second-order valence-corrected chi connectivity index (χ2v) is 10.2. The van der Waals surface area contributed by atoms with Crippen molar-refractivity contribution in [1.82, 2.24) is 14.5 Å². The van der Waals surface area contributed by atoms with Crippen molar-refractivity contribution in [3.63, 3.8) is 0 Å². The highest BCUT2D eigenvalue weighted by Gasteiger charge is 2.28. The van der Waals surface area contributed by atoms with Crippen LogP contribution in [0.5, 0.6) is 0 Å². The van der Waals surface area contributed by atoms with Crippen molar-refractivity contribution in [3.8, 4) is 0 Å². The zero-order chi connectivity index (χ0) is 21.7. The number of hydrogen-bond donors (Lipinski definition) is 1. The molecule has 0 aliphatic carbocycles. The average Bonchev–Trinajstić information content (AvgIpc) is 2.71. The number of piperidine rings is 1. The van der Waals surface area contributed by atoms with Gasteiger partial charge in [0.2, 0.25) is 15.9 Å². The maximum absolute atomic E-state index is 13.3. The molecule has 2 aromatic rings. The number of hydrogen-bond acceptors (Lipinski definition) is 4. The summed E-state index contributed by atoms with van der Waals surface area (Å²) < 4.78 is 27.8. The minimum absolute atomic E-state index is 0.0245. The molecule has 6 nitrogen and oxygen atoms in total. The van der Waals surface area contributed by atoms with E-state index in [0.717, 1.165) is 31.5 Å². The van der Waals surface area contributed by atoms with E-state index in [1.54, 1.807) is 48.5 Å². The first kappa shape index (κ1) is 22.7. The Morgan fingerprint density at radius 1 is 1.13 bits per heavy atom. The highest BCUT2D eigenvalue weighted by molar-refractivity contribution is 7.89. The predicted molar refractivity (Wildman–Crippen MR) is 119 cm³/mol. The van der Waals surface area contributed by atoms with Gasteiger partial charge in [0, 0.05) is 17.6 Å². The molecule has 0 spiro atoms. The quantitative estimate of drug-likeness (QED) is 0.705. The lowest BCUT2D eigenvalue weighted by atomic mass is 10.1. The molecule has 1 N–H and O–H groups in total. The molecule has 8 heteroatoms. The summed E-state index contributed by atoms with van der Waals surface area (Å²) in [6, 6.07) is 13.8. The van der Waals surface area contributed by atoms with Crippen LogP contribution in [0.4, 0.5) is 0 Å². The topological polar surface area (TPSA) is 69.7 Å². The molecule has 1 heterocycles. The van der Waals surface area contributed by atoms with Crippen LogP contribution in [0.1, 0.15) is 24.0 Å². The molecule has 0 aromatic heterocycles. The lowest BCUT2D eigenvalue weighted by Gasteiger charge is -2.30. The van der Waals surface area contributed by atoms with Gasteiger partial charge in [0.15, 0.2) is 0 Å². The lowest BCUT2D eigenvalue weighted by Crippen LogP contribution is -2.47. The number of nitrogens with one attached hydrogen (secondary N) is 1. The van der Waals surface area contributed by atoms with Gasteiger partial charge in [-0.05, 0) is 63.7 Å². The smallest absolute Gasteiger partial charge is 0.243 e. The summed E-state index contributed by atoms with van der Waals surface area (Å²) in [6.45, 7) is 3.49. The monoisotopic (exact) mass is 449 g/mol. The fraction of sp³-hybridized carbons (Fsp3) is 0.409. The van der Waals surface area contributed by atoms with Gasteiger partial charge in [0.1, 0.15) is 0 Å². The fourth-order valence-corrected chi connectivity index (χ4v) is 5.06. The van der Waals surface area contributed by atoms with Crippen LogP contribution in [0.25, 0.3) is 0 Å². The molecule has 30 heavy (non-hydrogen) atoms. The molecule has 1 saturated heterocycles.